The average molecular weight is 374 g/mol. The molecule has 0 radical (unpaired) electrons. The topological polar surface area (TPSA) is 66.9 Å². The second-order valence-electron chi connectivity index (χ2n) is 5.94. The number of ether oxygens (including phenoxy) is 1. The third kappa shape index (κ3) is 3.73. The molecule has 6 nitrogen and oxygen atoms in total. The van der Waals surface area contributed by atoms with Crippen LogP contribution in [-0.2, 0) is 10.0 Å². The zero-order valence-electron chi connectivity index (χ0n) is 14.7. The van der Waals surface area contributed by atoms with Crippen molar-refractivity contribution in [2.24, 2.45) is 0 Å². The minimum absolute atomic E-state index is 0.134. The number of hydrogen-bond donors (Lipinski definition) is 0. The Balaban J connectivity index is 1.70. The van der Waals surface area contributed by atoms with E-state index in [1.807, 2.05) is 13.0 Å². The normalized spacial score (nSPS) is 15.7. The third-order valence-electron chi connectivity index (χ3n) is 4.32. The monoisotopic (exact) mass is 374 g/mol. The lowest BCUT2D eigenvalue weighted by molar-refractivity contribution is 0.0693. The van der Waals surface area contributed by atoms with E-state index in [0.29, 0.717) is 31.0 Å². The highest BCUT2D eigenvalue weighted by atomic mass is 32.2. The summed E-state index contributed by atoms with van der Waals surface area (Å²) in [4.78, 5) is 14.8. The average Bonchev–Trinajstić information content (AvgIpc) is 2.69. The van der Waals surface area contributed by atoms with Crippen LogP contribution in [0.1, 0.15) is 17.3 Å². The molecule has 0 aliphatic carbocycles. The highest BCUT2D eigenvalue weighted by Crippen LogP contribution is 2.22. The number of para-hydroxylation sites is 1. The molecule has 7 heteroatoms. The number of hydrogen-bond acceptors (Lipinski definition) is 4. The lowest BCUT2D eigenvalue weighted by atomic mass is 10.1. The predicted molar refractivity (Wildman–Crippen MR) is 98.7 cm³/mol. The summed E-state index contributed by atoms with van der Waals surface area (Å²) in [6.07, 6.45) is 0. The van der Waals surface area contributed by atoms with Crippen LogP contribution in [0.4, 0.5) is 0 Å². The van der Waals surface area contributed by atoms with Crippen LogP contribution in [0.15, 0.2) is 59.5 Å². The van der Waals surface area contributed by atoms with Crippen molar-refractivity contribution in [3.05, 3.63) is 60.2 Å². The molecule has 0 spiro atoms. The summed E-state index contributed by atoms with van der Waals surface area (Å²) in [5, 5.41) is 0. The van der Waals surface area contributed by atoms with Crippen LogP contribution >= 0.6 is 0 Å². The van der Waals surface area contributed by atoms with Crippen molar-refractivity contribution in [3.8, 4) is 5.75 Å². The van der Waals surface area contributed by atoms with Gasteiger partial charge in [-0.1, -0.05) is 30.3 Å². The molecule has 0 N–H and O–H groups in total. The Morgan fingerprint density at radius 1 is 0.962 bits per heavy atom. The SMILES string of the molecule is CCOc1ccccc1C(=O)N1CCN(S(=O)(=O)c2ccccc2)CC1. The summed E-state index contributed by atoms with van der Waals surface area (Å²) in [6.45, 7) is 3.61. The van der Waals surface area contributed by atoms with E-state index in [4.69, 9.17) is 4.74 Å². The molecule has 2 aromatic rings. The number of carbonyl (C=O) groups excluding carboxylic acids is 1. The number of carbonyl (C=O) groups is 1. The number of piperazine rings is 1. The molecule has 0 bridgehead atoms. The predicted octanol–water partition coefficient (Wildman–Crippen LogP) is 2.23. The summed E-state index contributed by atoms with van der Waals surface area (Å²) in [5.41, 5.74) is 0.508. The summed E-state index contributed by atoms with van der Waals surface area (Å²) in [5.74, 6) is 0.421. The molecular formula is C19H22N2O4S. The highest BCUT2D eigenvalue weighted by molar-refractivity contribution is 7.89. The molecule has 1 heterocycles. The van der Waals surface area contributed by atoms with E-state index >= 15 is 0 Å². The van der Waals surface area contributed by atoms with Gasteiger partial charge in [-0.2, -0.15) is 4.31 Å². The Morgan fingerprint density at radius 3 is 2.23 bits per heavy atom. The van der Waals surface area contributed by atoms with Gasteiger partial charge in [-0.05, 0) is 31.2 Å². The third-order valence-corrected chi connectivity index (χ3v) is 6.24. The van der Waals surface area contributed by atoms with Gasteiger partial charge in [0, 0.05) is 26.2 Å². The van der Waals surface area contributed by atoms with Crippen molar-refractivity contribution in [2.45, 2.75) is 11.8 Å². The molecule has 0 saturated carbocycles. The number of rotatable bonds is 5. The van der Waals surface area contributed by atoms with Crippen molar-refractivity contribution < 1.29 is 17.9 Å². The van der Waals surface area contributed by atoms with Gasteiger partial charge in [0.2, 0.25) is 10.0 Å². The van der Waals surface area contributed by atoms with E-state index in [1.54, 1.807) is 53.4 Å². The van der Waals surface area contributed by atoms with E-state index < -0.39 is 10.0 Å². The van der Waals surface area contributed by atoms with Crippen molar-refractivity contribution >= 4 is 15.9 Å². The zero-order chi connectivity index (χ0) is 18.6. The van der Waals surface area contributed by atoms with E-state index in [9.17, 15) is 13.2 Å². The molecule has 1 aliphatic heterocycles. The quantitative estimate of drug-likeness (QED) is 0.805. The van der Waals surface area contributed by atoms with Crippen molar-refractivity contribution in [1.82, 2.24) is 9.21 Å². The molecule has 1 fully saturated rings. The fourth-order valence-corrected chi connectivity index (χ4v) is 4.41. The van der Waals surface area contributed by atoms with E-state index in [2.05, 4.69) is 0 Å². The van der Waals surface area contributed by atoms with Crippen molar-refractivity contribution in [3.63, 3.8) is 0 Å². The van der Waals surface area contributed by atoms with E-state index in [1.165, 1.54) is 4.31 Å². The van der Waals surface area contributed by atoms with Gasteiger partial charge in [-0.25, -0.2) is 8.42 Å². The number of benzene rings is 2. The minimum Gasteiger partial charge on any atom is -0.493 e. The molecule has 0 unspecified atom stereocenters. The summed E-state index contributed by atoms with van der Waals surface area (Å²) in [6, 6.07) is 15.5. The Labute approximate surface area is 154 Å². The summed E-state index contributed by atoms with van der Waals surface area (Å²) < 4.78 is 32.3. The molecule has 1 amide bonds. The van der Waals surface area contributed by atoms with Gasteiger partial charge in [-0.3, -0.25) is 4.79 Å². The minimum atomic E-state index is -3.52. The van der Waals surface area contributed by atoms with Crippen molar-refractivity contribution in [1.29, 1.82) is 0 Å². The Morgan fingerprint density at radius 2 is 1.58 bits per heavy atom. The van der Waals surface area contributed by atoms with Crippen molar-refractivity contribution in [2.75, 3.05) is 32.8 Å². The fourth-order valence-electron chi connectivity index (χ4n) is 2.97. The van der Waals surface area contributed by atoms with Crippen LogP contribution in [0, 0.1) is 0 Å². The second kappa shape index (κ2) is 7.88. The van der Waals surface area contributed by atoms with Gasteiger partial charge in [0.25, 0.3) is 5.91 Å². The number of nitrogens with zero attached hydrogens (tertiary/aromatic N) is 2. The van der Waals surface area contributed by atoms with Crippen LogP contribution in [0.5, 0.6) is 5.75 Å². The Bertz CT molecular complexity index is 860. The van der Waals surface area contributed by atoms with Crippen LogP contribution in [0.25, 0.3) is 0 Å². The molecule has 3 rings (SSSR count). The van der Waals surface area contributed by atoms with Gasteiger partial charge in [0.05, 0.1) is 17.1 Å². The summed E-state index contributed by atoms with van der Waals surface area (Å²) in [7, 11) is -3.52. The Hall–Kier alpha value is -2.38. The van der Waals surface area contributed by atoms with E-state index in [0.717, 1.165) is 0 Å². The Kier molecular flexibility index (Phi) is 5.58. The second-order valence-corrected chi connectivity index (χ2v) is 7.88. The first-order chi connectivity index (χ1) is 12.5. The van der Waals surface area contributed by atoms with Gasteiger partial charge in [-0.15, -0.1) is 0 Å². The molecule has 2 aromatic carbocycles. The molecule has 1 aliphatic rings. The molecular weight excluding hydrogens is 352 g/mol. The lowest BCUT2D eigenvalue weighted by Crippen LogP contribution is -2.50. The summed E-state index contributed by atoms with van der Waals surface area (Å²) >= 11 is 0. The van der Waals surface area contributed by atoms with Gasteiger partial charge < -0.3 is 9.64 Å². The van der Waals surface area contributed by atoms with E-state index in [-0.39, 0.29) is 23.9 Å². The lowest BCUT2D eigenvalue weighted by Gasteiger charge is -2.34. The maximum Gasteiger partial charge on any atom is 0.257 e. The van der Waals surface area contributed by atoms with Crippen LogP contribution < -0.4 is 4.74 Å². The highest BCUT2D eigenvalue weighted by Gasteiger charge is 2.31. The maximum absolute atomic E-state index is 12.8. The van der Waals surface area contributed by atoms with Gasteiger partial charge >= 0.3 is 0 Å². The molecule has 0 aromatic heterocycles. The molecule has 26 heavy (non-hydrogen) atoms. The van der Waals surface area contributed by atoms with Gasteiger partial charge in [0.15, 0.2) is 0 Å². The largest absolute Gasteiger partial charge is 0.493 e. The smallest absolute Gasteiger partial charge is 0.257 e. The first-order valence-corrected chi connectivity index (χ1v) is 10.0. The number of sulfonamides is 1. The van der Waals surface area contributed by atoms with Crippen LogP contribution in [-0.4, -0.2) is 56.3 Å². The van der Waals surface area contributed by atoms with Gasteiger partial charge in [0.1, 0.15) is 5.75 Å². The standard InChI is InChI=1S/C19H22N2O4S/c1-2-25-18-11-7-6-10-17(18)19(22)20-12-14-21(15-13-20)26(23,24)16-8-4-3-5-9-16/h3-11H,2,12-15H2,1H3. The van der Waals surface area contributed by atoms with Crippen LogP contribution in [0.3, 0.4) is 0 Å². The first kappa shape index (κ1) is 18.4. The number of amides is 1. The molecule has 1 saturated heterocycles. The zero-order valence-corrected chi connectivity index (χ0v) is 15.5. The van der Waals surface area contributed by atoms with Crippen LogP contribution in [0.2, 0.25) is 0 Å². The fraction of sp³-hybridized carbons (Fsp3) is 0.316. The molecule has 0 atom stereocenters. The maximum atomic E-state index is 12.8. The first-order valence-electron chi connectivity index (χ1n) is 8.60. The molecule has 138 valence electrons.